The highest BCUT2D eigenvalue weighted by Crippen LogP contribution is 2.36. The monoisotopic (exact) mass is 296 g/mol. The minimum Gasteiger partial charge on any atom is -0.322 e. The van der Waals surface area contributed by atoms with Gasteiger partial charge in [0.05, 0.1) is 12.2 Å². The van der Waals surface area contributed by atoms with Gasteiger partial charge in [0.15, 0.2) is 0 Å². The summed E-state index contributed by atoms with van der Waals surface area (Å²) >= 11 is 2.01. The topological polar surface area (TPSA) is 32.3 Å². The fourth-order valence-corrected chi connectivity index (χ4v) is 5.30. The number of amides is 1. The smallest absolute Gasteiger partial charge is 0.241 e. The summed E-state index contributed by atoms with van der Waals surface area (Å²) in [5.74, 6) is 4.04. The van der Waals surface area contributed by atoms with Crippen LogP contribution < -0.4 is 5.32 Å². The van der Waals surface area contributed by atoms with E-state index < -0.39 is 0 Å². The fraction of sp³-hybridized carbons (Fsp3) is 0.938. The number of rotatable bonds is 4. The summed E-state index contributed by atoms with van der Waals surface area (Å²) in [5.41, 5.74) is 0. The van der Waals surface area contributed by atoms with E-state index in [0.29, 0.717) is 30.0 Å². The number of nitrogens with one attached hydrogen (secondary N) is 1. The van der Waals surface area contributed by atoms with Crippen LogP contribution >= 0.6 is 11.8 Å². The van der Waals surface area contributed by atoms with Crippen molar-refractivity contribution in [3.05, 3.63) is 0 Å². The molecule has 0 aromatic rings. The molecule has 1 aliphatic carbocycles. The van der Waals surface area contributed by atoms with Crippen molar-refractivity contribution in [2.24, 2.45) is 11.8 Å². The molecule has 0 aromatic heterocycles. The van der Waals surface area contributed by atoms with Crippen molar-refractivity contribution in [1.82, 2.24) is 10.2 Å². The SMILES string of the molecule is CC(C)CC1NC(C2CCCC2)N(C2CCSC2)C1=O. The molecule has 4 heteroatoms. The first-order chi connectivity index (χ1) is 9.66. The molecule has 0 radical (unpaired) electrons. The molecule has 2 saturated heterocycles. The van der Waals surface area contributed by atoms with Gasteiger partial charge in [0.1, 0.15) is 0 Å². The molecule has 2 heterocycles. The van der Waals surface area contributed by atoms with Crippen molar-refractivity contribution in [2.75, 3.05) is 11.5 Å². The standard InChI is InChI=1S/C16H28N2OS/c1-11(2)9-14-16(19)18(13-7-8-20-10-13)15(17-14)12-5-3-4-6-12/h11-15,17H,3-10H2,1-2H3. The van der Waals surface area contributed by atoms with Crippen LogP contribution in [0.1, 0.15) is 52.4 Å². The zero-order chi connectivity index (χ0) is 14.1. The van der Waals surface area contributed by atoms with Crippen molar-refractivity contribution < 1.29 is 4.79 Å². The minimum atomic E-state index is 0.0752. The van der Waals surface area contributed by atoms with E-state index in [1.54, 1.807) is 0 Å². The number of nitrogens with zero attached hydrogens (tertiary/aromatic N) is 1. The van der Waals surface area contributed by atoms with Gasteiger partial charge in [-0.1, -0.05) is 26.7 Å². The summed E-state index contributed by atoms with van der Waals surface area (Å²) in [7, 11) is 0. The Morgan fingerprint density at radius 1 is 1.30 bits per heavy atom. The highest BCUT2D eigenvalue weighted by atomic mass is 32.2. The molecule has 1 saturated carbocycles. The van der Waals surface area contributed by atoms with E-state index in [1.165, 1.54) is 37.9 Å². The summed E-state index contributed by atoms with van der Waals surface area (Å²) in [5, 5.41) is 3.71. The van der Waals surface area contributed by atoms with Gasteiger partial charge in [-0.3, -0.25) is 10.1 Å². The second kappa shape index (κ2) is 6.27. The Kier molecular flexibility index (Phi) is 4.61. The van der Waals surface area contributed by atoms with Gasteiger partial charge in [-0.15, -0.1) is 0 Å². The van der Waals surface area contributed by atoms with E-state index in [0.717, 1.165) is 12.2 Å². The Morgan fingerprint density at radius 2 is 2.05 bits per heavy atom. The van der Waals surface area contributed by atoms with Crippen molar-refractivity contribution in [3.8, 4) is 0 Å². The molecule has 0 bridgehead atoms. The highest BCUT2D eigenvalue weighted by Gasteiger charge is 2.46. The first kappa shape index (κ1) is 14.7. The molecule has 0 aromatic carbocycles. The number of carbonyl (C=O) groups is 1. The second-order valence-electron chi connectivity index (χ2n) is 7.10. The number of carbonyl (C=O) groups excluding carboxylic acids is 1. The van der Waals surface area contributed by atoms with Crippen LogP contribution in [0.5, 0.6) is 0 Å². The molecule has 0 spiro atoms. The van der Waals surface area contributed by atoms with Crippen LogP contribution in [0, 0.1) is 11.8 Å². The fourth-order valence-electron chi connectivity index (χ4n) is 4.10. The lowest BCUT2D eigenvalue weighted by Crippen LogP contribution is -2.48. The first-order valence-electron chi connectivity index (χ1n) is 8.33. The zero-order valence-electron chi connectivity index (χ0n) is 12.8. The third-order valence-corrected chi connectivity index (χ3v) is 6.22. The maximum absolute atomic E-state index is 12.8. The third kappa shape index (κ3) is 2.87. The van der Waals surface area contributed by atoms with Crippen LogP contribution in [0.2, 0.25) is 0 Å². The molecular formula is C16H28N2OS. The zero-order valence-corrected chi connectivity index (χ0v) is 13.6. The van der Waals surface area contributed by atoms with E-state index in [9.17, 15) is 4.79 Å². The van der Waals surface area contributed by atoms with Crippen molar-refractivity contribution in [1.29, 1.82) is 0 Å². The van der Waals surface area contributed by atoms with E-state index >= 15 is 0 Å². The quantitative estimate of drug-likeness (QED) is 0.866. The van der Waals surface area contributed by atoms with Crippen LogP contribution in [0.3, 0.4) is 0 Å². The van der Waals surface area contributed by atoms with Crippen molar-refractivity contribution in [3.63, 3.8) is 0 Å². The Bertz CT molecular complexity index is 348. The van der Waals surface area contributed by atoms with Gasteiger partial charge >= 0.3 is 0 Å². The van der Waals surface area contributed by atoms with Crippen molar-refractivity contribution >= 4 is 17.7 Å². The van der Waals surface area contributed by atoms with Crippen LogP contribution in [0.15, 0.2) is 0 Å². The average molecular weight is 296 g/mol. The number of hydrogen-bond acceptors (Lipinski definition) is 3. The van der Waals surface area contributed by atoms with Gasteiger partial charge in [0.2, 0.25) is 5.91 Å². The second-order valence-corrected chi connectivity index (χ2v) is 8.25. The molecule has 3 aliphatic rings. The summed E-state index contributed by atoms with van der Waals surface area (Å²) < 4.78 is 0. The predicted molar refractivity (Wildman–Crippen MR) is 84.7 cm³/mol. The summed E-state index contributed by atoms with van der Waals surface area (Å²) in [6.45, 7) is 4.43. The lowest BCUT2D eigenvalue weighted by atomic mass is 10.0. The molecule has 2 aliphatic heterocycles. The Labute approximate surface area is 127 Å². The minimum absolute atomic E-state index is 0.0752. The van der Waals surface area contributed by atoms with Gasteiger partial charge in [-0.2, -0.15) is 11.8 Å². The van der Waals surface area contributed by atoms with Crippen LogP contribution in [0.4, 0.5) is 0 Å². The van der Waals surface area contributed by atoms with Crippen LogP contribution in [-0.2, 0) is 4.79 Å². The maximum Gasteiger partial charge on any atom is 0.241 e. The summed E-state index contributed by atoms with van der Waals surface area (Å²) in [4.78, 5) is 15.1. The highest BCUT2D eigenvalue weighted by molar-refractivity contribution is 7.99. The molecule has 3 rings (SSSR count). The van der Waals surface area contributed by atoms with Gasteiger partial charge < -0.3 is 4.90 Å². The van der Waals surface area contributed by atoms with E-state index in [2.05, 4.69) is 24.1 Å². The number of hydrogen-bond donors (Lipinski definition) is 1. The Hall–Kier alpha value is -0.220. The Morgan fingerprint density at radius 3 is 2.65 bits per heavy atom. The molecule has 3 nitrogen and oxygen atoms in total. The Balaban J connectivity index is 1.76. The largest absolute Gasteiger partial charge is 0.322 e. The third-order valence-electron chi connectivity index (χ3n) is 5.08. The lowest BCUT2D eigenvalue weighted by Gasteiger charge is -2.33. The van der Waals surface area contributed by atoms with E-state index in [-0.39, 0.29) is 6.04 Å². The lowest BCUT2D eigenvalue weighted by molar-refractivity contribution is -0.132. The van der Waals surface area contributed by atoms with Crippen LogP contribution in [0.25, 0.3) is 0 Å². The average Bonchev–Trinajstić information content (AvgIpc) is 3.10. The molecular weight excluding hydrogens is 268 g/mol. The van der Waals surface area contributed by atoms with E-state index in [4.69, 9.17) is 0 Å². The van der Waals surface area contributed by atoms with Gasteiger partial charge in [-0.05, 0) is 43.3 Å². The van der Waals surface area contributed by atoms with Gasteiger partial charge in [0, 0.05) is 11.8 Å². The molecule has 1 N–H and O–H groups in total. The van der Waals surface area contributed by atoms with Gasteiger partial charge in [-0.25, -0.2) is 0 Å². The summed E-state index contributed by atoms with van der Waals surface area (Å²) in [6, 6.07) is 0.564. The van der Waals surface area contributed by atoms with Crippen LogP contribution in [-0.4, -0.2) is 40.6 Å². The predicted octanol–water partition coefficient (Wildman–Crippen LogP) is 2.85. The number of thioether (sulfide) groups is 1. The normalized spacial score (nSPS) is 35.6. The van der Waals surface area contributed by atoms with Gasteiger partial charge in [0.25, 0.3) is 0 Å². The maximum atomic E-state index is 12.8. The summed E-state index contributed by atoms with van der Waals surface area (Å²) in [6.07, 6.45) is 7.80. The molecule has 114 valence electrons. The molecule has 3 fully saturated rings. The van der Waals surface area contributed by atoms with E-state index in [1.807, 2.05) is 11.8 Å². The molecule has 20 heavy (non-hydrogen) atoms. The molecule has 1 amide bonds. The first-order valence-corrected chi connectivity index (χ1v) is 9.48. The molecule has 3 unspecified atom stereocenters. The van der Waals surface area contributed by atoms with Crippen molar-refractivity contribution in [2.45, 2.75) is 70.6 Å². The molecule has 3 atom stereocenters.